The number of methoxy groups -OCH3 is 2. The fourth-order valence-electron chi connectivity index (χ4n) is 1.96. The molecule has 8 heteroatoms. The maximum atomic E-state index is 11.9. The van der Waals surface area contributed by atoms with Crippen molar-refractivity contribution in [2.75, 3.05) is 19.5 Å². The van der Waals surface area contributed by atoms with Crippen LogP contribution in [-0.2, 0) is 0 Å². The summed E-state index contributed by atoms with van der Waals surface area (Å²) in [7, 11) is 3.17. The number of rotatable bonds is 5. The van der Waals surface area contributed by atoms with Gasteiger partial charge >= 0.3 is 0 Å². The molecule has 1 aromatic carbocycles. The highest BCUT2D eigenvalue weighted by molar-refractivity contribution is 7.14. The lowest BCUT2D eigenvalue weighted by Crippen LogP contribution is -2.10. The molecule has 1 amide bonds. The van der Waals surface area contributed by atoms with Crippen molar-refractivity contribution in [2.24, 2.45) is 0 Å². The Labute approximate surface area is 135 Å². The number of carbonyl (C=O) groups is 1. The number of amides is 1. The van der Waals surface area contributed by atoms with Crippen molar-refractivity contribution in [1.29, 1.82) is 0 Å². The van der Waals surface area contributed by atoms with Crippen LogP contribution in [0.25, 0.3) is 11.3 Å². The molecule has 3 aromatic rings. The van der Waals surface area contributed by atoms with Crippen molar-refractivity contribution in [3.63, 3.8) is 0 Å². The number of hydrogen-bond donors (Lipinski definition) is 1. The Balaban J connectivity index is 1.83. The second-order valence-corrected chi connectivity index (χ2v) is 5.29. The minimum atomic E-state index is -0.398. The molecule has 0 aliphatic heterocycles. The molecule has 0 spiro atoms. The maximum absolute atomic E-state index is 11.9. The molecular weight excluding hydrogens is 318 g/mol. The summed E-state index contributed by atoms with van der Waals surface area (Å²) in [4.78, 5) is 16.3. The number of ether oxygens (including phenoxy) is 2. The van der Waals surface area contributed by atoms with Gasteiger partial charge in [0.15, 0.2) is 5.13 Å². The highest BCUT2D eigenvalue weighted by Gasteiger charge is 2.15. The molecule has 3 rings (SSSR count). The average Bonchev–Trinajstić information content (AvgIpc) is 3.26. The molecule has 0 saturated heterocycles. The van der Waals surface area contributed by atoms with Gasteiger partial charge in [0.1, 0.15) is 11.5 Å². The van der Waals surface area contributed by atoms with Crippen LogP contribution in [0.2, 0.25) is 0 Å². The number of thiazole rings is 1. The van der Waals surface area contributed by atoms with Crippen molar-refractivity contribution in [1.82, 2.24) is 10.1 Å². The molecule has 0 aliphatic rings. The second-order valence-electron chi connectivity index (χ2n) is 4.43. The van der Waals surface area contributed by atoms with Crippen molar-refractivity contribution >= 4 is 22.4 Å². The van der Waals surface area contributed by atoms with Crippen LogP contribution >= 0.6 is 11.3 Å². The van der Waals surface area contributed by atoms with Gasteiger partial charge in [0.2, 0.25) is 5.76 Å². The third-order valence-corrected chi connectivity index (χ3v) is 3.83. The molecule has 2 heterocycles. The molecule has 0 unspecified atom stereocenters. The van der Waals surface area contributed by atoms with Crippen LogP contribution in [0.5, 0.6) is 11.5 Å². The quantitative estimate of drug-likeness (QED) is 0.773. The normalized spacial score (nSPS) is 10.3. The summed E-state index contributed by atoms with van der Waals surface area (Å²) in [5.74, 6) is 1.07. The molecular formula is C15H13N3O4S. The largest absolute Gasteiger partial charge is 0.497 e. The first kappa shape index (κ1) is 15.0. The summed E-state index contributed by atoms with van der Waals surface area (Å²) in [6.07, 6.45) is 1.41. The van der Waals surface area contributed by atoms with Crippen molar-refractivity contribution < 1.29 is 18.8 Å². The van der Waals surface area contributed by atoms with E-state index >= 15 is 0 Å². The lowest BCUT2D eigenvalue weighted by molar-refractivity contribution is 0.0988. The van der Waals surface area contributed by atoms with E-state index in [1.165, 1.54) is 23.6 Å². The van der Waals surface area contributed by atoms with E-state index in [-0.39, 0.29) is 5.76 Å². The van der Waals surface area contributed by atoms with Gasteiger partial charge in [0.05, 0.1) is 26.1 Å². The monoisotopic (exact) mass is 331 g/mol. The second kappa shape index (κ2) is 6.49. The lowest BCUT2D eigenvalue weighted by Gasteiger charge is -2.08. The summed E-state index contributed by atoms with van der Waals surface area (Å²) >= 11 is 1.31. The Hall–Kier alpha value is -2.87. The van der Waals surface area contributed by atoms with Gasteiger partial charge in [-0.2, -0.15) is 0 Å². The van der Waals surface area contributed by atoms with Crippen LogP contribution in [0, 0.1) is 0 Å². The zero-order valence-corrected chi connectivity index (χ0v) is 13.2. The van der Waals surface area contributed by atoms with Gasteiger partial charge in [-0.15, -0.1) is 11.3 Å². The molecule has 0 saturated carbocycles. The van der Waals surface area contributed by atoms with Crippen LogP contribution in [0.3, 0.4) is 0 Å². The summed E-state index contributed by atoms with van der Waals surface area (Å²) in [6, 6.07) is 6.94. The van der Waals surface area contributed by atoms with Crippen LogP contribution < -0.4 is 14.8 Å². The van der Waals surface area contributed by atoms with E-state index in [0.717, 1.165) is 5.56 Å². The van der Waals surface area contributed by atoms with E-state index in [9.17, 15) is 4.79 Å². The standard InChI is InChI=1S/C15H13N3O4S/c1-20-9-3-4-10(13(7-9)21-2)11-8-23-15(17-11)18-14(19)12-5-6-16-22-12/h3-8H,1-2H3,(H,17,18,19). The number of aromatic nitrogens is 2. The van der Waals surface area contributed by atoms with E-state index in [1.807, 2.05) is 17.5 Å². The fourth-order valence-corrected chi connectivity index (χ4v) is 2.66. The molecule has 0 fully saturated rings. The number of nitrogens with zero attached hydrogens (tertiary/aromatic N) is 2. The summed E-state index contributed by atoms with van der Waals surface area (Å²) in [5, 5.41) is 8.45. The van der Waals surface area contributed by atoms with Gasteiger partial charge in [-0.25, -0.2) is 4.98 Å². The predicted molar refractivity (Wildman–Crippen MR) is 85.1 cm³/mol. The molecule has 23 heavy (non-hydrogen) atoms. The van der Waals surface area contributed by atoms with Gasteiger partial charge < -0.3 is 14.0 Å². The van der Waals surface area contributed by atoms with Crippen LogP contribution in [0.4, 0.5) is 5.13 Å². The molecule has 2 aromatic heterocycles. The zero-order valence-electron chi connectivity index (χ0n) is 12.4. The van der Waals surface area contributed by atoms with Gasteiger partial charge in [0, 0.05) is 23.1 Å². The summed E-state index contributed by atoms with van der Waals surface area (Å²) in [6.45, 7) is 0. The van der Waals surface area contributed by atoms with Crippen molar-refractivity contribution in [3.8, 4) is 22.8 Å². The summed E-state index contributed by atoms with van der Waals surface area (Å²) < 4.78 is 15.3. The van der Waals surface area contributed by atoms with Gasteiger partial charge in [0.25, 0.3) is 5.91 Å². The first-order chi connectivity index (χ1) is 11.2. The smallest absolute Gasteiger partial charge is 0.296 e. The number of carbonyl (C=O) groups excluding carboxylic acids is 1. The van der Waals surface area contributed by atoms with Crippen LogP contribution in [-0.4, -0.2) is 30.3 Å². The SMILES string of the molecule is COc1ccc(-c2csc(NC(=O)c3ccno3)n2)c(OC)c1. The Bertz CT molecular complexity index is 814. The van der Waals surface area contributed by atoms with Crippen LogP contribution in [0.15, 0.2) is 40.4 Å². The van der Waals surface area contributed by atoms with Crippen molar-refractivity contribution in [3.05, 3.63) is 41.6 Å². The van der Waals surface area contributed by atoms with E-state index in [2.05, 4.69) is 15.5 Å². The molecule has 0 aliphatic carbocycles. The number of hydrogen-bond acceptors (Lipinski definition) is 7. The molecule has 0 bridgehead atoms. The molecule has 0 atom stereocenters. The third-order valence-electron chi connectivity index (χ3n) is 3.07. The number of anilines is 1. The van der Waals surface area contributed by atoms with E-state index < -0.39 is 5.91 Å². The van der Waals surface area contributed by atoms with Gasteiger partial charge in [-0.3, -0.25) is 10.1 Å². The van der Waals surface area contributed by atoms with E-state index in [0.29, 0.717) is 22.3 Å². The maximum Gasteiger partial charge on any atom is 0.296 e. The number of nitrogens with one attached hydrogen (secondary N) is 1. The van der Waals surface area contributed by atoms with Crippen molar-refractivity contribution in [2.45, 2.75) is 0 Å². The highest BCUT2D eigenvalue weighted by Crippen LogP contribution is 2.34. The van der Waals surface area contributed by atoms with Crippen LogP contribution in [0.1, 0.15) is 10.6 Å². The minimum absolute atomic E-state index is 0.128. The van der Waals surface area contributed by atoms with Gasteiger partial charge in [-0.05, 0) is 12.1 Å². The topological polar surface area (TPSA) is 86.5 Å². The van der Waals surface area contributed by atoms with E-state index in [4.69, 9.17) is 14.0 Å². The Morgan fingerprint density at radius 2 is 2.13 bits per heavy atom. The minimum Gasteiger partial charge on any atom is -0.497 e. The Morgan fingerprint density at radius 1 is 1.26 bits per heavy atom. The zero-order chi connectivity index (χ0) is 16.2. The predicted octanol–water partition coefficient (Wildman–Crippen LogP) is 3.07. The molecule has 1 N–H and O–H groups in total. The molecule has 118 valence electrons. The first-order valence-corrected chi connectivity index (χ1v) is 7.49. The third kappa shape index (κ3) is 3.16. The lowest BCUT2D eigenvalue weighted by atomic mass is 10.1. The molecule has 0 radical (unpaired) electrons. The summed E-state index contributed by atoms with van der Waals surface area (Å²) in [5.41, 5.74) is 1.51. The highest BCUT2D eigenvalue weighted by atomic mass is 32.1. The fraction of sp³-hybridized carbons (Fsp3) is 0.133. The van der Waals surface area contributed by atoms with E-state index in [1.54, 1.807) is 20.3 Å². The first-order valence-electron chi connectivity index (χ1n) is 6.61. The Morgan fingerprint density at radius 3 is 2.83 bits per heavy atom. The number of benzene rings is 1. The Kier molecular flexibility index (Phi) is 4.24. The van der Waals surface area contributed by atoms with Gasteiger partial charge in [-0.1, -0.05) is 5.16 Å². The molecule has 7 nitrogen and oxygen atoms in total. The average molecular weight is 331 g/mol.